The standard InChI is InChI=1S/C20H23N5O3S/c1-13-15-11-22-25(16-7-3-4-8-17(16)27-2)19(15)20(24-23-13)29-12-18(26)21-10-14-6-5-9-28-14/h3-4,7-8,11,14H,5-6,9-10,12H2,1-2H3,(H,21,26)/t14-/m1/s1. The van der Waals surface area contributed by atoms with Gasteiger partial charge in [0.15, 0.2) is 0 Å². The van der Waals surface area contributed by atoms with E-state index in [1.165, 1.54) is 11.8 Å². The van der Waals surface area contributed by atoms with Gasteiger partial charge in [-0.25, -0.2) is 4.68 Å². The SMILES string of the molecule is COc1ccccc1-n1ncc2c(C)nnc(SCC(=O)NC[C@H]3CCCO3)c21. The van der Waals surface area contributed by atoms with E-state index in [4.69, 9.17) is 9.47 Å². The fourth-order valence-electron chi connectivity index (χ4n) is 3.34. The number of fused-ring (bicyclic) bond motifs is 1. The summed E-state index contributed by atoms with van der Waals surface area (Å²) in [5.41, 5.74) is 2.41. The summed E-state index contributed by atoms with van der Waals surface area (Å²) in [5.74, 6) is 0.901. The Morgan fingerprint density at radius 2 is 2.24 bits per heavy atom. The van der Waals surface area contributed by atoms with Crippen LogP contribution in [-0.2, 0) is 9.53 Å². The van der Waals surface area contributed by atoms with Gasteiger partial charge in [-0.2, -0.15) is 10.2 Å². The number of carbonyl (C=O) groups is 1. The molecule has 3 aromatic rings. The van der Waals surface area contributed by atoms with E-state index < -0.39 is 0 Å². The van der Waals surface area contributed by atoms with E-state index in [1.54, 1.807) is 18.0 Å². The number of rotatable bonds is 7. The topological polar surface area (TPSA) is 91.2 Å². The minimum Gasteiger partial charge on any atom is -0.494 e. The molecule has 4 rings (SSSR count). The van der Waals surface area contributed by atoms with Gasteiger partial charge in [0.05, 0.1) is 30.9 Å². The fraction of sp³-hybridized carbons (Fsp3) is 0.400. The molecule has 1 aromatic carbocycles. The molecule has 0 unspecified atom stereocenters. The monoisotopic (exact) mass is 413 g/mol. The summed E-state index contributed by atoms with van der Waals surface area (Å²) in [6.07, 6.45) is 3.95. The Balaban J connectivity index is 1.57. The highest BCUT2D eigenvalue weighted by Gasteiger charge is 2.19. The summed E-state index contributed by atoms with van der Waals surface area (Å²) in [7, 11) is 1.63. The third-order valence-corrected chi connectivity index (χ3v) is 5.81. The molecule has 8 nitrogen and oxygen atoms in total. The van der Waals surface area contributed by atoms with Crippen molar-refractivity contribution in [3.05, 3.63) is 36.2 Å². The molecule has 1 aliphatic rings. The number of methoxy groups -OCH3 is 1. The predicted molar refractivity (Wildman–Crippen MR) is 111 cm³/mol. The third kappa shape index (κ3) is 4.20. The first kappa shape index (κ1) is 19.7. The molecule has 9 heteroatoms. The summed E-state index contributed by atoms with van der Waals surface area (Å²) in [5, 5.41) is 17.6. The summed E-state index contributed by atoms with van der Waals surface area (Å²) in [6, 6.07) is 7.66. The van der Waals surface area contributed by atoms with Crippen molar-refractivity contribution in [2.24, 2.45) is 0 Å². The van der Waals surface area contributed by atoms with Crippen LogP contribution in [0.25, 0.3) is 16.6 Å². The summed E-state index contributed by atoms with van der Waals surface area (Å²) < 4.78 is 12.8. The van der Waals surface area contributed by atoms with Crippen LogP contribution in [0.4, 0.5) is 0 Å². The number of benzene rings is 1. The van der Waals surface area contributed by atoms with Gasteiger partial charge < -0.3 is 14.8 Å². The van der Waals surface area contributed by atoms with E-state index in [1.807, 2.05) is 31.2 Å². The molecule has 1 saturated heterocycles. The number of aryl methyl sites for hydroxylation is 1. The lowest BCUT2D eigenvalue weighted by Gasteiger charge is -2.12. The number of carbonyl (C=O) groups excluding carboxylic acids is 1. The van der Waals surface area contributed by atoms with Gasteiger partial charge in [0.1, 0.15) is 22.0 Å². The number of hydrogen-bond donors (Lipinski definition) is 1. The fourth-order valence-corrected chi connectivity index (χ4v) is 4.14. The van der Waals surface area contributed by atoms with Crippen LogP contribution in [0.5, 0.6) is 5.75 Å². The van der Waals surface area contributed by atoms with E-state index >= 15 is 0 Å². The van der Waals surface area contributed by atoms with Crippen molar-refractivity contribution in [2.75, 3.05) is 26.0 Å². The van der Waals surface area contributed by atoms with Crippen molar-refractivity contribution in [2.45, 2.75) is 30.9 Å². The molecule has 152 valence electrons. The minimum absolute atomic E-state index is 0.0515. The van der Waals surface area contributed by atoms with Crippen LogP contribution < -0.4 is 10.1 Å². The largest absolute Gasteiger partial charge is 0.494 e. The Morgan fingerprint density at radius 3 is 3.03 bits per heavy atom. The summed E-state index contributed by atoms with van der Waals surface area (Å²) in [6.45, 7) is 3.22. The highest BCUT2D eigenvalue weighted by atomic mass is 32.2. The van der Waals surface area contributed by atoms with Crippen molar-refractivity contribution in [1.82, 2.24) is 25.3 Å². The molecular weight excluding hydrogens is 390 g/mol. The summed E-state index contributed by atoms with van der Waals surface area (Å²) >= 11 is 1.35. The lowest BCUT2D eigenvalue weighted by molar-refractivity contribution is -0.119. The Bertz CT molecular complexity index is 1020. The van der Waals surface area contributed by atoms with Crippen LogP contribution in [-0.4, -0.2) is 58.0 Å². The summed E-state index contributed by atoms with van der Waals surface area (Å²) in [4.78, 5) is 12.3. The van der Waals surface area contributed by atoms with Gasteiger partial charge >= 0.3 is 0 Å². The van der Waals surface area contributed by atoms with Gasteiger partial charge in [0.2, 0.25) is 5.91 Å². The molecule has 1 aliphatic heterocycles. The maximum absolute atomic E-state index is 12.3. The van der Waals surface area contributed by atoms with E-state index in [0.717, 1.165) is 41.7 Å². The molecule has 0 aliphatic carbocycles. The molecule has 3 heterocycles. The smallest absolute Gasteiger partial charge is 0.230 e. The number of thioether (sulfide) groups is 1. The average Bonchev–Trinajstić information content (AvgIpc) is 3.42. The Kier molecular flexibility index (Phi) is 5.96. The maximum atomic E-state index is 12.3. The predicted octanol–water partition coefficient (Wildman–Crippen LogP) is 2.52. The zero-order valence-electron chi connectivity index (χ0n) is 16.4. The van der Waals surface area contributed by atoms with Crippen molar-refractivity contribution < 1.29 is 14.3 Å². The molecule has 29 heavy (non-hydrogen) atoms. The first-order valence-corrected chi connectivity index (χ1v) is 10.5. The first-order chi connectivity index (χ1) is 14.2. The van der Waals surface area contributed by atoms with Crippen molar-refractivity contribution >= 4 is 28.6 Å². The van der Waals surface area contributed by atoms with E-state index in [-0.39, 0.29) is 17.8 Å². The Morgan fingerprint density at radius 1 is 1.38 bits per heavy atom. The molecular formula is C20H23N5O3S. The Labute approximate surface area is 173 Å². The number of aromatic nitrogens is 4. The van der Waals surface area contributed by atoms with Gasteiger partial charge in [-0.3, -0.25) is 4.79 Å². The molecule has 1 amide bonds. The van der Waals surface area contributed by atoms with Crippen LogP contribution >= 0.6 is 11.8 Å². The maximum Gasteiger partial charge on any atom is 0.230 e. The first-order valence-electron chi connectivity index (χ1n) is 9.53. The normalized spacial score (nSPS) is 16.3. The number of hydrogen-bond acceptors (Lipinski definition) is 7. The highest BCUT2D eigenvalue weighted by molar-refractivity contribution is 8.00. The molecule has 1 atom stereocenters. The number of ether oxygens (including phenoxy) is 2. The number of nitrogens with one attached hydrogen (secondary N) is 1. The highest BCUT2D eigenvalue weighted by Crippen LogP contribution is 2.31. The van der Waals surface area contributed by atoms with Crippen LogP contribution in [0.2, 0.25) is 0 Å². The number of para-hydroxylation sites is 2. The minimum atomic E-state index is -0.0515. The van der Waals surface area contributed by atoms with E-state index in [9.17, 15) is 4.79 Å². The van der Waals surface area contributed by atoms with Gasteiger partial charge in [-0.1, -0.05) is 23.9 Å². The third-order valence-electron chi connectivity index (χ3n) is 4.86. The van der Waals surface area contributed by atoms with Crippen molar-refractivity contribution in [3.63, 3.8) is 0 Å². The molecule has 0 spiro atoms. The van der Waals surface area contributed by atoms with Gasteiger partial charge in [-0.05, 0) is 31.9 Å². The van der Waals surface area contributed by atoms with E-state index in [2.05, 4.69) is 20.6 Å². The number of nitrogens with zero attached hydrogens (tertiary/aromatic N) is 4. The second-order valence-electron chi connectivity index (χ2n) is 6.81. The van der Waals surface area contributed by atoms with Crippen LogP contribution in [0.15, 0.2) is 35.5 Å². The molecule has 1 N–H and O–H groups in total. The average molecular weight is 414 g/mol. The number of amides is 1. The second kappa shape index (κ2) is 8.79. The van der Waals surface area contributed by atoms with Crippen LogP contribution in [0, 0.1) is 6.92 Å². The van der Waals surface area contributed by atoms with E-state index in [0.29, 0.717) is 17.3 Å². The zero-order valence-corrected chi connectivity index (χ0v) is 17.2. The van der Waals surface area contributed by atoms with Crippen molar-refractivity contribution in [1.29, 1.82) is 0 Å². The van der Waals surface area contributed by atoms with Crippen LogP contribution in [0.3, 0.4) is 0 Å². The molecule has 0 saturated carbocycles. The lowest BCUT2D eigenvalue weighted by Crippen LogP contribution is -2.32. The molecule has 0 bridgehead atoms. The lowest BCUT2D eigenvalue weighted by atomic mass is 10.2. The molecule has 0 radical (unpaired) electrons. The molecule has 1 fully saturated rings. The van der Waals surface area contributed by atoms with Gasteiger partial charge in [-0.15, -0.1) is 5.10 Å². The van der Waals surface area contributed by atoms with Crippen LogP contribution in [0.1, 0.15) is 18.5 Å². The zero-order chi connectivity index (χ0) is 20.2. The second-order valence-corrected chi connectivity index (χ2v) is 7.77. The van der Waals surface area contributed by atoms with Gasteiger partial charge in [0, 0.05) is 18.5 Å². The molecule has 2 aromatic heterocycles. The quantitative estimate of drug-likeness (QED) is 0.595. The van der Waals surface area contributed by atoms with Gasteiger partial charge in [0.25, 0.3) is 0 Å². The Hall–Kier alpha value is -2.65. The van der Waals surface area contributed by atoms with Crippen molar-refractivity contribution in [3.8, 4) is 11.4 Å².